The Labute approximate surface area is 110 Å². The van der Waals surface area contributed by atoms with Gasteiger partial charge in [0.1, 0.15) is 5.76 Å². The van der Waals surface area contributed by atoms with Crippen LogP contribution in [0.25, 0.3) is 11.1 Å². The first kappa shape index (κ1) is 11.4. The molecule has 18 heavy (non-hydrogen) atoms. The van der Waals surface area contributed by atoms with Crippen LogP contribution < -0.4 is 0 Å². The molecule has 1 aliphatic carbocycles. The summed E-state index contributed by atoms with van der Waals surface area (Å²) in [6, 6.07) is 7.59. The van der Waals surface area contributed by atoms with Crippen LogP contribution in [-0.2, 0) is 6.42 Å². The van der Waals surface area contributed by atoms with Crippen LogP contribution in [0.2, 0.25) is 5.02 Å². The Hall–Kier alpha value is -1.74. The largest absolute Gasteiger partial charge is 0.468 e. The van der Waals surface area contributed by atoms with Crippen LogP contribution in [0.15, 0.2) is 40.1 Å². The van der Waals surface area contributed by atoms with Crippen molar-refractivity contribution in [1.29, 1.82) is 0 Å². The molecule has 0 amide bonds. The lowest BCUT2D eigenvalue weighted by Crippen LogP contribution is -2.10. The molecule has 1 aromatic carbocycles. The minimum absolute atomic E-state index is 0.681. The molecule has 1 N–H and O–H groups in total. The highest BCUT2D eigenvalue weighted by Gasteiger charge is 2.24. The molecule has 3 rings (SSSR count). The summed E-state index contributed by atoms with van der Waals surface area (Å²) in [5.41, 5.74) is 3.54. The highest BCUT2D eigenvalue weighted by Crippen LogP contribution is 2.34. The van der Waals surface area contributed by atoms with Crippen LogP contribution >= 0.6 is 11.6 Å². The zero-order valence-corrected chi connectivity index (χ0v) is 10.4. The Morgan fingerprint density at radius 1 is 1.28 bits per heavy atom. The molecule has 3 nitrogen and oxygen atoms in total. The van der Waals surface area contributed by atoms with Crippen LogP contribution in [0.3, 0.4) is 0 Å². The van der Waals surface area contributed by atoms with Crippen molar-refractivity contribution >= 4 is 17.3 Å². The van der Waals surface area contributed by atoms with E-state index in [1.165, 1.54) is 0 Å². The van der Waals surface area contributed by atoms with Crippen molar-refractivity contribution in [3.8, 4) is 11.1 Å². The predicted molar refractivity (Wildman–Crippen MR) is 70.4 cm³/mol. The molecule has 1 aliphatic rings. The average Bonchev–Trinajstić information content (AvgIpc) is 2.82. The molecular weight excluding hydrogens is 250 g/mol. The minimum atomic E-state index is 0.681. The molecule has 0 aliphatic heterocycles. The van der Waals surface area contributed by atoms with E-state index in [4.69, 9.17) is 21.2 Å². The van der Waals surface area contributed by atoms with E-state index in [1.54, 1.807) is 6.26 Å². The van der Waals surface area contributed by atoms with Gasteiger partial charge >= 0.3 is 0 Å². The number of hydrogen-bond acceptors (Lipinski definition) is 3. The van der Waals surface area contributed by atoms with Crippen molar-refractivity contribution in [3.63, 3.8) is 0 Å². The van der Waals surface area contributed by atoms with Gasteiger partial charge in [0.25, 0.3) is 0 Å². The van der Waals surface area contributed by atoms with Gasteiger partial charge in [-0.2, -0.15) is 0 Å². The number of rotatable bonds is 1. The summed E-state index contributed by atoms with van der Waals surface area (Å²) in [7, 11) is 0. The normalized spacial score (nSPS) is 16.8. The second-order valence-corrected chi connectivity index (χ2v) is 4.79. The van der Waals surface area contributed by atoms with Gasteiger partial charge < -0.3 is 9.62 Å². The van der Waals surface area contributed by atoms with E-state index in [-0.39, 0.29) is 0 Å². The van der Waals surface area contributed by atoms with E-state index in [0.29, 0.717) is 10.7 Å². The maximum Gasteiger partial charge on any atom is 0.113 e. The molecule has 0 unspecified atom stereocenters. The molecule has 2 aromatic rings. The standard InChI is InChI=1S/C14H12ClNO2/c15-10-4-1-3-9(7-10)11-8-18-13-6-2-5-12(16-17)14(11)13/h1,3-4,7-8,17H,2,5-6H2. The average molecular weight is 262 g/mol. The Bertz CT molecular complexity index is 616. The van der Waals surface area contributed by atoms with Gasteiger partial charge in [0, 0.05) is 22.6 Å². The fourth-order valence-electron chi connectivity index (χ4n) is 2.41. The van der Waals surface area contributed by atoms with Gasteiger partial charge in [-0.05, 0) is 30.5 Å². The van der Waals surface area contributed by atoms with Crippen LogP contribution in [-0.4, -0.2) is 10.9 Å². The molecule has 0 spiro atoms. The zero-order valence-electron chi connectivity index (χ0n) is 9.69. The molecule has 0 fully saturated rings. The van der Waals surface area contributed by atoms with E-state index in [1.807, 2.05) is 24.3 Å². The van der Waals surface area contributed by atoms with E-state index < -0.39 is 0 Å². The summed E-state index contributed by atoms with van der Waals surface area (Å²) < 4.78 is 5.58. The topological polar surface area (TPSA) is 45.7 Å². The molecule has 1 aromatic heterocycles. The second-order valence-electron chi connectivity index (χ2n) is 4.36. The third-order valence-corrected chi connectivity index (χ3v) is 3.46. The second kappa shape index (κ2) is 4.50. The quantitative estimate of drug-likeness (QED) is 0.620. The smallest absolute Gasteiger partial charge is 0.113 e. The van der Waals surface area contributed by atoms with Gasteiger partial charge in [-0.3, -0.25) is 0 Å². The third-order valence-electron chi connectivity index (χ3n) is 3.23. The van der Waals surface area contributed by atoms with Gasteiger partial charge in [0.05, 0.1) is 12.0 Å². The van der Waals surface area contributed by atoms with Crippen LogP contribution in [0, 0.1) is 0 Å². The summed E-state index contributed by atoms with van der Waals surface area (Å²) in [6.45, 7) is 0. The Balaban J connectivity index is 2.17. The van der Waals surface area contributed by atoms with E-state index in [0.717, 1.165) is 41.7 Å². The zero-order chi connectivity index (χ0) is 12.5. The Morgan fingerprint density at radius 2 is 2.17 bits per heavy atom. The molecule has 92 valence electrons. The van der Waals surface area contributed by atoms with Crippen molar-refractivity contribution in [2.45, 2.75) is 19.3 Å². The molecule has 0 saturated carbocycles. The SMILES string of the molecule is ON=C1CCCc2occ(-c3cccc(Cl)c3)c21. The lowest BCUT2D eigenvalue weighted by Gasteiger charge is -2.12. The number of furan rings is 1. The molecule has 0 radical (unpaired) electrons. The van der Waals surface area contributed by atoms with Gasteiger partial charge in [0.15, 0.2) is 0 Å². The lowest BCUT2D eigenvalue weighted by atomic mass is 9.91. The number of oxime groups is 1. The summed E-state index contributed by atoms with van der Waals surface area (Å²) in [6.07, 6.45) is 4.33. The van der Waals surface area contributed by atoms with E-state index in [2.05, 4.69) is 5.16 Å². The van der Waals surface area contributed by atoms with Gasteiger partial charge in [0.2, 0.25) is 0 Å². The van der Waals surface area contributed by atoms with Gasteiger partial charge in [-0.1, -0.05) is 28.9 Å². The fourth-order valence-corrected chi connectivity index (χ4v) is 2.60. The maximum atomic E-state index is 9.10. The molecule has 0 saturated heterocycles. The number of nitrogens with zero attached hydrogens (tertiary/aromatic N) is 1. The van der Waals surface area contributed by atoms with Gasteiger partial charge in [-0.15, -0.1) is 0 Å². The van der Waals surface area contributed by atoms with Crippen LogP contribution in [0.1, 0.15) is 24.2 Å². The van der Waals surface area contributed by atoms with Crippen LogP contribution in [0.5, 0.6) is 0 Å². The highest BCUT2D eigenvalue weighted by atomic mass is 35.5. The fraction of sp³-hybridized carbons (Fsp3) is 0.214. The third kappa shape index (κ3) is 1.81. The number of aryl methyl sites for hydroxylation is 1. The van der Waals surface area contributed by atoms with E-state index in [9.17, 15) is 0 Å². The summed E-state index contributed by atoms with van der Waals surface area (Å²) >= 11 is 6.00. The number of halogens is 1. The maximum absolute atomic E-state index is 9.10. The molecule has 1 heterocycles. The van der Waals surface area contributed by atoms with Crippen molar-refractivity contribution in [2.75, 3.05) is 0 Å². The Morgan fingerprint density at radius 3 is 2.94 bits per heavy atom. The Kier molecular flexibility index (Phi) is 2.84. The van der Waals surface area contributed by atoms with Gasteiger partial charge in [-0.25, -0.2) is 0 Å². The van der Waals surface area contributed by atoms with E-state index >= 15 is 0 Å². The van der Waals surface area contributed by atoms with Crippen molar-refractivity contribution in [3.05, 3.63) is 46.9 Å². The molecular formula is C14H12ClNO2. The summed E-state index contributed by atoms with van der Waals surface area (Å²) in [5, 5.41) is 13.2. The lowest BCUT2D eigenvalue weighted by molar-refractivity contribution is 0.317. The first-order valence-corrected chi connectivity index (χ1v) is 6.25. The molecule has 0 bridgehead atoms. The van der Waals surface area contributed by atoms with Crippen LogP contribution in [0.4, 0.5) is 0 Å². The number of benzene rings is 1. The minimum Gasteiger partial charge on any atom is -0.468 e. The summed E-state index contributed by atoms with van der Waals surface area (Å²) in [5.74, 6) is 0.893. The predicted octanol–water partition coefficient (Wildman–Crippen LogP) is 4.11. The van der Waals surface area contributed by atoms with Crippen molar-refractivity contribution in [2.24, 2.45) is 5.16 Å². The number of hydrogen-bond donors (Lipinski definition) is 1. The molecule has 0 atom stereocenters. The van der Waals surface area contributed by atoms with Crippen molar-refractivity contribution in [1.82, 2.24) is 0 Å². The highest BCUT2D eigenvalue weighted by molar-refractivity contribution is 6.30. The number of fused-ring (bicyclic) bond motifs is 1. The summed E-state index contributed by atoms with van der Waals surface area (Å²) in [4.78, 5) is 0. The first-order valence-electron chi connectivity index (χ1n) is 5.87. The first-order chi connectivity index (χ1) is 8.79. The van der Waals surface area contributed by atoms with Crippen molar-refractivity contribution < 1.29 is 9.62 Å². The monoisotopic (exact) mass is 261 g/mol. The molecule has 4 heteroatoms.